The fraction of sp³-hybridized carbons (Fsp3) is 0.750. The Labute approximate surface area is 76.8 Å². The number of carbonyl (C=O) groups is 2. The number of esters is 1. The number of amides is 1. The van der Waals surface area contributed by atoms with E-state index < -0.39 is 0 Å². The van der Waals surface area contributed by atoms with Gasteiger partial charge in [-0.25, -0.2) is 0 Å². The fourth-order valence-corrected chi connectivity index (χ4v) is 1.45. The van der Waals surface area contributed by atoms with Crippen LogP contribution in [0.5, 0.6) is 0 Å². The Bertz CT molecular complexity index is 217. The highest BCUT2D eigenvalue weighted by atomic mass is 16.5. The smallest absolute Gasteiger partial charge is 0.322 e. The molecule has 1 fully saturated rings. The second kappa shape index (κ2) is 4.23. The van der Waals surface area contributed by atoms with Crippen LogP contribution in [0.25, 0.3) is 0 Å². The van der Waals surface area contributed by atoms with Crippen molar-refractivity contribution in [2.75, 3.05) is 13.7 Å². The lowest BCUT2D eigenvalue weighted by molar-refractivity contribution is -0.142. The monoisotopic (exact) mass is 186 g/mol. The van der Waals surface area contributed by atoms with Crippen LogP contribution in [0, 0.1) is 0 Å². The van der Waals surface area contributed by atoms with Gasteiger partial charge in [-0.05, 0) is 6.42 Å². The summed E-state index contributed by atoms with van der Waals surface area (Å²) in [5, 5.41) is 5.71. The van der Waals surface area contributed by atoms with Gasteiger partial charge in [-0.15, -0.1) is 0 Å². The maximum Gasteiger partial charge on any atom is 0.322 e. The molecule has 74 valence electrons. The van der Waals surface area contributed by atoms with Crippen LogP contribution in [-0.2, 0) is 14.3 Å². The number of hydrogen-bond donors (Lipinski definition) is 2. The van der Waals surface area contributed by atoms with Crippen molar-refractivity contribution in [2.45, 2.75) is 25.4 Å². The Balaban J connectivity index is 2.36. The summed E-state index contributed by atoms with van der Waals surface area (Å²) in [5.74, 6) is -0.342. The number of methoxy groups -OCH3 is 1. The summed E-state index contributed by atoms with van der Waals surface area (Å²) in [7, 11) is 1.36. The summed E-state index contributed by atoms with van der Waals surface area (Å²) in [6.45, 7) is 2.09. The van der Waals surface area contributed by atoms with E-state index in [1.54, 1.807) is 0 Å². The van der Waals surface area contributed by atoms with E-state index in [-0.39, 0.29) is 24.0 Å². The summed E-state index contributed by atoms with van der Waals surface area (Å²) >= 11 is 0. The molecule has 5 heteroatoms. The predicted molar refractivity (Wildman–Crippen MR) is 46.0 cm³/mol. The molecule has 1 rings (SSSR count). The van der Waals surface area contributed by atoms with E-state index in [0.29, 0.717) is 13.0 Å². The largest absolute Gasteiger partial charge is 0.468 e. The maximum atomic E-state index is 11.0. The van der Waals surface area contributed by atoms with Gasteiger partial charge in [0.25, 0.3) is 0 Å². The third-order valence-electron chi connectivity index (χ3n) is 2.02. The van der Waals surface area contributed by atoms with E-state index in [2.05, 4.69) is 15.4 Å². The van der Waals surface area contributed by atoms with Crippen molar-refractivity contribution >= 4 is 11.9 Å². The van der Waals surface area contributed by atoms with E-state index in [0.717, 1.165) is 0 Å². The average Bonchev–Trinajstić information content (AvgIpc) is 2.50. The predicted octanol–water partition coefficient (Wildman–Crippen LogP) is -0.974. The van der Waals surface area contributed by atoms with Gasteiger partial charge < -0.3 is 15.4 Å². The van der Waals surface area contributed by atoms with Crippen molar-refractivity contribution < 1.29 is 14.3 Å². The van der Waals surface area contributed by atoms with Crippen molar-refractivity contribution in [3.8, 4) is 0 Å². The molecule has 2 atom stereocenters. The Morgan fingerprint density at radius 2 is 2.23 bits per heavy atom. The summed E-state index contributed by atoms with van der Waals surface area (Å²) in [4.78, 5) is 21.7. The Hall–Kier alpha value is -1.10. The second-order valence-corrected chi connectivity index (χ2v) is 3.12. The molecule has 0 unspecified atom stereocenters. The van der Waals surface area contributed by atoms with Gasteiger partial charge in [0.1, 0.15) is 6.04 Å². The first-order chi connectivity index (χ1) is 6.13. The molecule has 13 heavy (non-hydrogen) atoms. The molecule has 0 spiro atoms. The molecular weight excluding hydrogens is 172 g/mol. The molecule has 0 aromatic rings. The molecule has 0 radical (unpaired) electrons. The molecule has 0 aromatic carbocycles. The molecule has 1 saturated heterocycles. The minimum Gasteiger partial charge on any atom is -0.468 e. The number of rotatable bonds is 2. The number of hydrogen-bond acceptors (Lipinski definition) is 4. The minimum atomic E-state index is -0.276. The Morgan fingerprint density at radius 1 is 1.54 bits per heavy atom. The van der Waals surface area contributed by atoms with E-state index in [9.17, 15) is 9.59 Å². The van der Waals surface area contributed by atoms with Gasteiger partial charge in [-0.2, -0.15) is 0 Å². The number of ether oxygens (including phenoxy) is 1. The standard InChI is InChI=1S/C8H14N2O3/c1-5(11)10-6-3-7(9-4-6)8(12)13-2/h6-7,9H,3-4H2,1-2H3,(H,10,11)/t6-,7-/m0/s1. The average molecular weight is 186 g/mol. The topological polar surface area (TPSA) is 67.4 Å². The van der Waals surface area contributed by atoms with Crippen LogP contribution in [0.4, 0.5) is 0 Å². The van der Waals surface area contributed by atoms with Crippen molar-refractivity contribution in [1.82, 2.24) is 10.6 Å². The van der Waals surface area contributed by atoms with Crippen LogP contribution in [0.3, 0.4) is 0 Å². The number of nitrogens with one attached hydrogen (secondary N) is 2. The summed E-state index contributed by atoms with van der Waals surface area (Å²) in [5.41, 5.74) is 0. The van der Waals surface area contributed by atoms with Gasteiger partial charge in [0.05, 0.1) is 7.11 Å². The van der Waals surface area contributed by atoms with Crippen LogP contribution in [-0.4, -0.2) is 37.6 Å². The zero-order valence-corrected chi connectivity index (χ0v) is 7.79. The van der Waals surface area contributed by atoms with Gasteiger partial charge >= 0.3 is 5.97 Å². The molecule has 5 nitrogen and oxygen atoms in total. The molecular formula is C8H14N2O3. The zero-order valence-electron chi connectivity index (χ0n) is 7.79. The summed E-state index contributed by atoms with van der Waals surface area (Å²) < 4.78 is 4.57. The van der Waals surface area contributed by atoms with Gasteiger partial charge in [-0.3, -0.25) is 9.59 Å². The van der Waals surface area contributed by atoms with Crippen molar-refractivity contribution in [3.63, 3.8) is 0 Å². The molecule has 0 aromatic heterocycles. The first-order valence-corrected chi connectivity index (χ1v) is 4.21. The van der Waals surface area contributed by atoms with E-state index in [1.165, 1.54) is 14.0 Å². The van der Waals surface area contributed by atoms with Crippen LogP contribution in [0.1, 0.15) is 13.3 Å². The summed E-state index contributed by atoms with van der Waals surface area (Å²) in [6, 6.07) is -0.233. The fourth-order valence-electron chi connectivity index (χ4n) is 1.45. The van der Waals surface area contributed by atoms with Crippen LogP contribution >= 0.6 is 0 Å². The van der Waals surface area contributed by atoms with Crippen LogP contribution in [0.2, 0.25) is 0 Å². The third kappa shape index (κ3) is 2.69. The molecule has 2 N–H and O–H groups in total. The summed E-state index contributed by atoms with van der Waals surface area (Å²) in [6.07, 6.45) is 0.603. The normalized spacial score (nSPS) is 26.9. The Kier molecular flexibility index (Phi) is 3.25. The molecule has 1 amide bonds. The highest BCUT2D eigenvalue weighted by Crippen LogP contribution is 2.07. The van der Waals surface area contributed by atoms with Gasteiger partial charge in [0.15, 0.2) is 0 Å². The van der Waals surface area contributed by atoms with Crippen molar-refractivity contribution in [3.05, 3.63) is 0 Å². The zero-order chi connectivity index (χ0) is 9.84. The lowest BCUT2D eigenvalue weighted by Crippen LogP contribution is -2.34. The van der Waals surface area contributed by atoms with Crippen LogP contribution in [0.15, 0.2) is 0 Å². The lowest BCUT2D eigenvalue weighted by atomic mass is 10.2. The number of carbonyl (C=O) groups excluding carboxylic acids is 2. The maximum absolute atomic E-state index is 11.0. The molecule has 0 aliphatic carbocycles. The highest BCUT2D eigenvalue weighted by Gasteiger charge is 2.30. The molecule has 1 aliphatic rings. The molecule has 0 saturated carbocycles. The molecule has 0 bridgehead atoms. The van der Waals surface area contributed by atoms with Crippen molar-refractivity contribution in [2.24, 2.45) is 0 Å². The third-order valence-corrected chi connectivity index (χ3v) is 2.02. The SMILES string of the molecule is COC(=O)[C@@H]1C[C@H](NC(C)=O)CN1. The second-order valence-electron chi connectivity index (χ2n) is 3.12. The minimum absolute atomic E-state index is 0.0431. The quantitative estimate of drug-likeness (QED) is 0.544. The van der Waals surface area contributed by atoms with Gasteiger partial charge in [0.2, 0.25) is 5.91 Å². The molecule has 1 heterocycles. The lowest BCUT2D eigenvalue weighted by Gasteiger charge is -2.09. The van der Waals surface area contributed by atoms with E-state index >= 15 is 0 Å². The first-order valence-electron chi connectivity index (χ1n) is 4.21. The highest BCUT2D eigenvalue weighted by molar-refractivity contribution is 5.77. The Morgan fingerprint density at radius 3 is 2.77 bits per heavy atom. The van der Waals surface area contributed by atoms with Gasteiger partial charge in [0, 0.05) is 19.5 Å². The van der Waals surface area contributed by atoms with Gasteiger partial charge in [-0.1, -0.05) is 0 Å². The van der Waals surface area contributed by atoms with Crippen molar-refractivity contribution in [1.29, 1.82) is 0 Å². The first kappa shape index (κ1) is 9.98. The molecule has 1 aliphatic heterocycles. The van der Waals surface area contributed by atoms with E-state index in [4.69, 9.17) is 0 Å². The van der Waals surface area contributed by atoms with Crippen LogP contribution < -0.4 is 10.6 Å². The van der Waals surface area contributed by atoms with E-state index in [1.807, 2.05) is 0 Å².